The molecule has 2 N–H and O–H groups in total. The molecule has 3 nitrogen and oxygen atoms in total. The van der Waals surface area contributed by atoms with E-state index in [9.17, 15) is 4.79 Å². The van der Waals surface area contributed by atoms with Gasteiger partial charge in [0.15, 0.2) is 0 Å². The highest BCUT2D eigenvalue weighted by molar-refractivity contribution is 7.10. The number of nitrogens with zero attached hydrogens (tertiary/aromatic N) is 1. The Labute approximate surface area is 117 Å². The Morgan fingerprint density at radius 3 is 2.47 bits per heavy atom. The van der Waals surface area contributed by atoms with Gasteiger partial charge in [0.05, 0.1) is 6.04 Å². The summed E-state index contributed by atoms with van der Waals surface area (Å²) in [4.78, 5) is 15.3. The van der Waals surface area contributed by atoms with Gasteiger partial charge in [0, 0.05) is 11.9 Å². The van der Waals surface area contributed by atoms with Crippen molar-refractivity contribution in [2.24, 2.45) is 5.73 Å². The predicted molar refractivity (Wildman–Crippen MR) is 78.9 cm³/mol. The van der Waals surface area contributed by atoms with Crippen molar-refractivity contribution in [2.75, 3.05) is 7.05 Å². The van der Waals surface area contributed by atoms with Gasteiger partial charge in [0.25, 0.3) is 0 Å². The number of thiophene rings is 1. The average molecular weight is 274 g/mol. The van der Waals surface area contributed by atoms with Crippen molar-refractivity contribution < 1.29 is 4.79 Å². The van der Waals surface area contributed by atoms with Crippen LogP contribution in [0, 0.1) is 0 Å². The molecule has 1 unspecified atom stereocenters. The molecule has 0 saturated carbocycles. The predicted octanol–water partition coefficient (Wildman–Crippen LogP) is 2.97. The van der Waals surface area contributed by atoms with Crippen molar-refractivity contribution in [1.82, 2.24) is 4.90 Å². The van der Waals surface area contributed by atoms with Crippen LogP contribution in [-0.4, -0.2) is 17.9 Å². The summed E-state index contributed by atoms with van der Waals surface area (Å²) in [7, 11) is 1.80. The third-order valence-electron chi connectivity index (χ3n) is 3.31. The summed E-state index contributed by atoms with van der Waals surface area (Å²) in [6, 6.07) is 12.9. The lowest BCUT2D eigenvalue weighted by Gasteiger charge is -2.27. The zero-order valence-corrected chi connectivity index (χ0v) is 11.9. The Kier molecular flexibility index (Phi) is 4.35. The highest BCUT2D eigenvalue weighted by atomic mass is 32.1. The molecule has 2 aromatic rings. The van der Waals surface area contributed by atoms with E-state index in [4.69, 9.17) is 5.73 Å². The average Bonchev–Trinajstić information content (AvgIpc) is 2.99. The van der Waals surface area contributed by atoms with E-state index < -0.39 is 6.04 Å². The number of carbonyl (C=O) groups excluding carboxylic acids is 1. The summed E-state index contributed by atoms with van der Waals surface area (Å²) in [6.45, 7) is 2.02. The molecule has 4 heteroatoms. The molecule has 1 heterocycles. The van der Waals surface area contributed by atoms with E-state index >= 15 is 0 Å². The topological polar surface area (TPSA) is 46.3 Å². The molecule has 0 bridgehead atoms. The first-order valence-corrected chi connectivity index (χ1v) is 7.10. The Morgan fingerprint density at radius 2 is 1.89 bits per heavy atom. The Bertz CT molecular complexity index is 524. The molecule has 100 valence electrons. The molecule has 1 amide bonds. The normalized spacial score (nSPS) is 13.8. The highest BCUT2D eigenvalue weighted by Crippen LogP contribution is 2.25. The molecule has 19 heavy (non-hydrogen) atoms. The van der Waals surface area contributed by atoms with Crippen molar-refractivity contribution in [3.8, 4) is 0 Å². The van der Waals surface area contributed by atoms with Crippen LogP contribution in [0.1, 0.15) is 29.4 Å². The van der Waals surface area contributed by atoms with Gasteiger partial charge in [-0.15, -0.1) is 11.3 Å². The van der Waals surface area contributed by atoms with Gasteiger partial charge < -0.3 is 10.6 Å². The molecule has 0 aliphatic rings. The van der Waals surface area contributed by atoms with E-state index in [0.717, 1.165) is 10.4 Å². The molecule has 0 aliphatic heterocycles. The molecule has 0 aliphatic carbocycles. The first-order valence-electron chi connectivity index (χ1n) is 6.22. The van der Waals surface area contributed by atoms with Crippen molar-refractivity contribution >= 4 is 17.2 Å². The second-order valence-corrected chi connectivity index (χ2v) is 5.51. The third kappa shape index (κ3) is 3.03. The van der Waals surface area contributed by atoms with Crippen molar-refractivity contribution in [2.45, 2.75) is 19.0 Å². The van der Waals surface area contributed by atoms with Crippen LogP contribution in [0.4, 0.5) is 0 Å². The van der Waals surface area contributed by atoms with E-state index in [-0.39, 0.29) is 11.9 Å². The molecule has 0 spiro atoms. The van der Waals surface area contributed by atoms with E-state index in [1.165, 1.54) is 0 Å². The summed E-state index contributed by atoms with van der Waals surface area (Å²) >= 11 is 1.65. The van der Waals surface area contributed by atoms with Gasteiger partial charge in [-0.2, -0.15) is 0 Å². The van der Waals surface area contributed by atoms with Gasteiger partial charge in [-0.05, 0) is 23.9 Å². The van der Waals surface area contributed by atoms with Crippen molar-refractivity contribution in [3.05, 3.63) is 58.3 Å². The first kappa shape index (κ1) is 13.8. The van der Waals surface area contributed by atoms with Crippen LogP contribution in [0.15, 0.2) is 47.8 Å². The van der Waals surface area contributed by atoms with Gasteiger partial charge >= 0.3 is 0 Å². The SMILES string of the molecule is CC(c1cccs1)N(C)C(=O)[C@@H](N)c1ccccc1. The van der Waals surface area contributed by atoms with E-state index in [2.05, 4.69) is 0 Å². The monoisotopic (exact) mass is 274 g/mol. The molecule has 1 aromatic heterocycles. The van der Waals surface area contributed by atoms with Crippen LogP contribution in [-0.2, 0) is 4.79 Å². The number of likely N-dealkylation sites (N-methyl/N-ethyl adjacent to an activating group) is 1. The highest BCUT2D eigenvalue weighted by Gasteiger charge is 2.24. The molecule has 0 radical (unpaired) electrons. The molecular weight excluding hydrogens is 256 g/mol. The lowest BCUT2D eigenvalue weighted by molar-refractivity contribution is -0.133. The van der Waals surface area contributed by atoms with Gasteiger partial charge in [-0.3, -0.25) is 4.79 Å². The largest absolute Gasteiger partial charge is 0.337 e. The standard InChI is InChI=1S/C15H18N2OS/c1-11(13-9-6-10-19-13)17(2)15(18)14(16)12-7-4-3-5-8-12/h3-11,14H,16H2,1-2H3/t11?,14-/m0/s1. The summed E-state index contributed by atoms with van der Waals surface area (Å²) in [5, 5.41) is 2.02. The molecule has 2 atom stereocenters. The maximum atomic E-state index is 12.4. The van der Waals surface area contributed by atoms with Crippen molar-refractivity contribution in [1.29, 1.82) is 0 Å². The fourth-order valence-corrected chi connectivity index (χ4v) is 2.76. The number of rotatable bonds is 4. The number of benzene rings is 1. The fourth-order valence-electron chi connectivity index (χ4n) is 1.93. The summed E-state index contributed by atoms with van der Waals surface area (Å²) in [5.41, 5.74) is 6.89. The number of amides is 1. The molecule has 1 aromatic carbocycles. The summed E-state index contributed by atoms with van der Waals surface area (Å²) < 4.78 is 0. The lowest BCUT2D eigenvalue weighted by Crippen LogP contribution is -2.37. The fraction of sp³-hybridized carbons (Fsp3) is 0.267. The van der Waals surface area contributed by atoms with Gasteiger partial charge in [-0.1, -0.05) is 36.4 Å². The Morgan fingerprint density at radius 1 is 1.21 bits per heavy atom. The van der Waals surface area contributed by atoms with E-state index in [1.54, 1.807) is 23.3 Å². The molecular formula is C15H18N2OS. The maximum Gasteiger partial charge on any atom is 0.244 e. The van der Waals surface area contributed by atoms with Crippen LogP contribution < -0.4 is 5.73 Å². The van der Waals surface area contributed by atoms with E-state index in [1.807, 2.05) is 54.8 Å². The van der Waals surface area contributed by atoms with Gasteiger partial charge in [0.1, 0.15) is 6.04 Å². The Balaban J connectivity index is 2.11. The summed E-state index contributed by atoms with van der Waals surface area (Å²) in [6.07, 6.45) is 0. The Hall–Kier alpha value is -1.65. The number of nitrogens with two attached hydrogens (primary N) is 1. The minimum absolute atomic E-state index is 0.0438. The third-order valence-corrected chi connectivity index (χ3v) is 4.35. The zero-order chi connectivity index (χ0) is 13.8. The number of hydrogen-bond acceptors (Lipinski definition) is 3. The molecule has 0 saturated heterocycles. The van der Waals surface area contributed by atoms with Crippen LogP contribution in [0.25, 0.3) is 0 Å². The van der Waals surface area contributed by atoms with Crippen LogP contribution in [0.3, 0.4) is 0 Å². The summed E-state index contributed by atoms with van der Waals surface area (Å²) in [5.74, 6) is -0.0629. The molecule has 0 fully saturated rings. The van der Waals surface area contributed by atoms with Gasteiger partial charge in [0.2, 0.25) is 5.91 Å². The smallest absolute Gasteiger partial charge is 0.244 e. The van der Waals surface area contributed by atoms with Crippen LogP contribution in [0.2, 0.25) is 0 Å². The van der Waals surface area contributed by atoms with Crippen LogP contribution >= 0.6 is 11.3 Å². The molecule has 2 rings (SSSR count). The minimum Gasteiger partial charge on any atom is -0.337 e. The van der Waals surface area contributed by atoms with Gasteiger partial charge in [-0.25, -0.2) is 0 Å². The second kappa shape index (κ2) is 5.99. The van der Waals surface area contributed by atoms with Crippen LogP contribution in [0.5, 0.6) is 0 Å². The lowest BCUT2D eigenvalue weighted by atomic mass is 10.1. The van der Waals surface area contributed by atoms with E-state index in [0.29, 0.717) is 0 Å². The second-order valence-electron chi connectivity index (χ2n) is 4.53. The quantitative estimate of drug-likeness (QED) is 0.931. The number of hydrogen-bond donors (Lipinski definition) is 1. The van der Waals surface area contributed by atoms with Crippen molar-refractivity contribution in [3.63, 3.8) is 0 Å². The zero-order valence-electron chi connectivity index (χ0n) is 11.1. The minimum atomic E-state index is -0.603. The number of carbonyl (C=O) groups is 1. The maximum absolute atomic E-state index is 12.4. The first-order chi connectivity index (χ1) is 9.11.